The maximum Gasteiger partial charge on any atom is 0.397 e. The number of sulfonamides is 1. The summed E-state index contributed by atoms with van der Waals surface area (Å²) >= 11 is 0. The minimum atomic E-state index is -4.54. The van der Waals surface area contributed by atoms with Gasteiger partial charge in [0, 0.05) is 12.6 Å². The molecule has 200 valence electrons. The summed E-state index contributed by atoms with van der Waals surface area (Å²) in [5, 5.41) is 0. The Balaban J connectivity index is 1.97. The summed E-state index contributed by atoms with van der Waals surface area (Å²) in [6.45, 7) is 2.95. The summed E-state index contributed by atoms with van der Waals surface area (Å²) in [5.41, 5.74) is -1.83. The lowest BCUT2D eigenvalue weighted by atomic mass is 9.72. The molecule has 5 nitrogen and oxygen atoms in total. The molecule has 1 aliphatic rings. The van der Waals surface area contributed by atoms with Crippen LogP contribution in [0.15, 0.2) is 102 Å². The monoisotopic (exact) mass is 542 g/mol. The normalized spacial score (nSPS) is 19.5. The number of aryl methyl sites for hydroxylation is 1. The van der Waals surface area contributed by atoms with Crippen LogP contribution in [0.2, 0.25) is 0 Å². The van der Waals surface area contributed by atoms with Crippen LogP contribution >= 0.6 is 0 Å². The van der Waals surface area contributed by atoms with Gasteiger partial charge in [0.25, 0.3) is 0 Å². The van der Waals surface area contributed by atoms with E-state index < -0.39 is 27.2 Å². The van der Waals surface area contributed by atoms with E-state index in [-0.39, 0.29) is 29.0 Å². The SMILES string of the molecule is COc1ccc(S(=O)(=O)NC(Cc2ccccc2)(C2=CC(C)(C(F)(F)F)CC=C2)c2ccc(C)cn2)cc1. The predicted molar refractivity (Wildman–Crippen MR) is 140 cm³/mol. The summed E-state index contributed by atoms with van der Waals surface area (Å²) in [4.78, 5) is 4.48. The summed E-state index contributed by atoms with van der Waals surface area (Å²) in [5.74, 6) is 0.471. The van der Waals surface area contributed by atoms with Gasteiger partial charge in [-0.15, -0.1) is 0 Å². The highest BCUT2D eigenvalue weighted by Crippen LogP contribution is 2.48. The Labute approximate surface area is 221 Å². The third-order valence-electron chi connectivity index (χ3n) is 6.79. The lowest BCUT2D eigenvalue weighted by Gasteiger charge is -2.40. The molecular formula is C29H29F3N2O3S. The summed E-state index contributed by atoms with van der Waals surface area (Å²) < 4.78 is 78.2. The number of halogens is 3. The Hall–Kier alpha value is -3.43. The standard InChI is InChI=1S/C29H29F3N2O3S/c1-21-11-16-26(33-20-21)28(18-22-8-5-4-6-9-22,23-10-7-17-27(2,19-23)29(30,31)32)34-38(35,36)25-14-12-24(37-3)13-15-25/h4-16,19-20,34H,17-18H2,1-3H3. The first-order valence-electron chi connectivity index (χ1n) is 12.0. The van der Waals surface area contributed by atoms with E-state index in [1.807, 2.05) is 13.0 Å². The second-order valence-corrected chi connectivity index (χ2v) is 11.4. The number of aromatic nitrogens is 1. The number of pyridine rings is 1. The fourth-order valence-electron chi connectivity index (χ4n) is 4.50. The summed E-state index contributed by atoms with van der Waals surface area (Å²) in [6, 6.07) is 18.2. The van der Waals surface area contributed by atoms with Crippen LogP contribution in [0.3, 0.4) is 0 Å². The van der Waals surface area contributed by atoms with Gasteiger partial charge in [-0.3, -0.25) is 4.98 Å². The lowest BCUT2D eigenvalue weighted by Crippen LogP contribution is -2.50. The molecule has 0 amide bonds. The van der Waals surface area contributed by atoms with Gasteiger partial charge in [0.2, 0.25) is 10.0 Å². The molecular weight excluding hydrogens is 513 g/mol. The molecule has 2 unspecified atom stereocenters. The molecule has 2 atom stereocenters. The van der Waals surface area contributed by atoms with Gasteiger partial charge in [0.15, 0.2) is 0 Å². The number of rotatable bonds is 8. The topological polar surface area (TPSA) is 68.3 Å². The van der Waals surface area contributed by atoms with E-state index in [1.54, 1.807) is 48.7 Å². The van der Waals surface area contributed by atoms with Crippen molar-refractivity contribution in [3.05, 3.63) is 114 Å². The van der Waals surface area contributed by atoms with E-state index in [2.05, 4.69) is 9.71 Å². The van der Waals surface area contributed by atoms with Crippen LogP contribution in [-0.4, -0.2) is 26.7 Å². The van der Waals surface area contributed by atoms with Crippen molar-refractivity contribution in [2.75, 3.05) is 7.11 Å². The maximum absolute atomic E-state index is 14.2. The Morgan fingerprint density at radius 1 is 1.03 bits per heavy atom. The summed E-state index contributed by atoms with van der Waals surface area (Å²) in [7, 11) is -2.78. The number of allylic oxidation sites excluding steroid dienone is 2. The predicted octanol–water partition coefficient (Wildman–Crippen LogP) is 6.27. The Morgan fingerprint density at radius 3 is 2.29 bits per heavy atom. The number of methoxy groups -OCH3 is 1. The van der Waals surface area contributed by atoms with Crippen LogP contribution in [0.1, 0.15) is 30.2 Å². The molecule has 1 aromatic heterocycles. The molecule has 0 bridgehead atoms. The van der Waals surface area contributed by atoms with E-state index >= 15 is 0 Å². The zero-order valence-corrected chi connectivity index (χ0v) is 22.1. The largest absolute Gasteiger partial charge is 0.497 e. The highest BCUT2D eigenvalue weighted by Gasteiger charge is 2.52. The van der Waals surface area contributed by atoms with Crippen molar-refractivity contribution < 1.29 is 26.3 Å². The second-order valence-electron chi connectivity index (χ2n) is 9.69. The van der Waals surface area contributed by atoms with Crippen molar-refractivity contribution in [1.82, 2.24) is 9.71 Å². The van der Waals surface area contributed by atoms with Crippen LogP contribution in [-0.2, 0) is 22.0 Å². The van der Waals surface area contributed by atoms with E-state index in [1.165, 1.54) is 37.5 Å². The zero-order chi connectivity index (χ0) is 27.6. The molecule has 1 N–H and O–H groups in total. The first-order valence-corrected chi connectivity index (χ1v) is 13.5. The van der Waals surface area contributed by atoms with E-state index in [9.17, 15) is 21.6 Å². The molecule has 0 saturated carbocycles. The molecule has 1 heterocycles. The third-order valence-corrected chi connectivity index (χ3v) is 8.30. The van der Waals surface area contributed by atoms with Gasteiger partial charge < -0.3 is 4.74 Å². The number of alkyl halides is 3. The Bertz CT molecular complexity index is 1440. The molecule has 3 aromatic rings. The van der Waals surface area contributed by atoms with Crippen LogP contribution in [0.4, 0.5) is 13.2 Å². The van der Waals surface area contributed by atoms with Crippen molar-refractivity contribution in [3.63, 3.8) is 0 Å². The van der Waals surface area contributed by atoms with Crippen LogP contribution < -0.4 is 9.46 Å². The average Bonchev–Trinajstić information content (AvgIpc) is 2.88. The third kappa shape index (κ3) is 5.54. The number of hydrogen-bond donors (Lipinski definition) is 1. The van der Waals surface area contributed by atoms with Crippen LogP contribution in [0, 0.1) is 12.3 Å². The highest BCUT2D eigenvalue weighted by molar-refractivity contribution is 7.89. The van der Waals surface area contributed by atoms with E-state index in [0.717, 1.165) is 24.1 Å². The van der Waals surface area contributed by atoms with Gasteiger partial charge in [-0.05, 0) is 67.3 Å². The highest BCUT2D eigenvalue weighted by atomic mass is 32.2. The van der Waals surface area contributed by atoms with Crippen LogP contribution in [0.25, 0.3) is 0 Å². The number of ether oxygens (including phenoxy) is 1. The summed E-state index contributed by atoms with van der Waals surface area (Å²) in [6.07, 6.45) is 0.947. The fourth-order valence-corrected chi connectivity index (χ4v) is 5.86. The molecule has 38 heavy (non-hydrogen) atoms. The fraction of sp³-hybridized carbons (Fsp3) is 0.276. The number of hydrogen-bond acceptors (Lipinski definition) is 4. The van der Waals surface area contributed by atoms with Crippen molar-refractivity contribution in [2.24, 2.45) is 5.41 Å². The van der Waals surface area contributed by atoms with Crippen molar-refractivity contribution in [1.29, 1.82) is 0 Å². The first kappa shape index (κ1) is 27.6. The molecule has 0 fully saturated rings. The molecule has 0 spiro atoms. The van der Waals surface area contributed by atoms with Crippen molar-refractivity contribution >= 4 is 10.0 Å². The Kier molecular flexibility index (Phi) is 7.54. The second kappa shape index (κ2) is 10.4. The molecule has 0 radical (unpaired) electrons. The number of benzene rings is 2. The van der Waals surface area contributed by atoms with Gasteiger partial charge in [0.1, 0.15) is 11.3 Å². The maximum atomic E-state index is 14.2. The van der Waals surface area contributed by atoms with Gasteiger partial charge in [-0.1, -0.05) is 54.6 Å². The molecule has 0 aliphatic heterocycles. The molecule has 1 aliphatic carbocycles. The van der Waals surface area contributed by atoms with Crippen LogP contribution in [0.5, 0.6) is 5.75 Å². The van der Waals surface area contributed by atoms with Gasteiger partial charge in [-0.25, -0.2) is 8.42 Å². The quantitative estimate of drug-likeness (QED) is 0.364. The molecule has 2 aromatic carbocycles. The average molecular weight is 543 g/mol. The van der Waals surface area contributed by atoms with E-state index in [4.69, 9.17) is 4.74 Å². The number of nitrogens with zero attached hydrogens (tertiary/aromatic N) is 1. The minimum Gasteiger partial charge on any atom is -0.497 e. The van der Waals surface area contributed by atoms with Gasteiger partial charge >= 0.3 is 6.18 Å². The molecule has 0 saturated heterocycles. The molecule has 4 rings (SSSR count). The first-order chi connectivity index (χ1) is 17.9. The minimum absolute atomic E-state index is 0.0311. The Morgan fingerprint density at radius 2 is 1.71 bits per heavy atom. The number of nitrogens with one attached hydrogen (secondary N) is 1. The van der Waals surface area contributed by atoms with Gasteiger partial charge in [0.05, 0.1) is 23.1 Å². The zero-order valence-electron chi connectivity index (χ0n) is 21.3. The molecule has 9 heteroatoms. The smallest absolute Gasteiger partial charge is 0.397 e. The van der Waals surface area contributed by atoms with Crippen molar-refractivity contribution in [3.8, 4) is 5.75 Å². The van der Waals surface area contributed by atoms with E-state index in [0.29, 0.717) is 5.75 Å². The lowest BCUT2D eigenvalue weighted by molar-refractivity contribution is -0.199. The van der Waals surface area contributed by atoms with Crippen molar-refractivity contribution in [2.45, 2.75) is 43.3 Å². The van der Waals surface area contributed by atoms with Gasteiger partial charge in [-0.2, -0.15) is 17.9 Å².